The molecule has 180 valence electrons. The lowest BCUT2D eigenvalue weighted by molar-refractivity contribution is -0.113. The summed E-state index contributed by atoms with van der Waals surface area (Å²) in [4.78, 5) is 16.2. The predicted molar refractivity (Wildman–Crippen MR) is 148 cm³/mol. The number of ketones is 1. The Kier molecular flexibility index (Phi) is 14.2. The zero-order valence-corrected chi connectivity index (χ0v) is 21.8. The fourth-order valence-electron chi connectivity index (χ4n) is 4.26. The van der Waals surface area contributed by atoms with E-state index in [1.54, 1.807) is 12.2 Å². The van der Waals surface area contributed by atoms with E-state index in [9.17, 15) is 4.79 Å². The van der Waals surface area contributed by atoms with Crippen LogP contribution in [0.25, 0.3) is 0 Å². The molecule has 0 aromatic heterocycles. The molecule has 0 amide bonds. The summed E-state index contributed by atoms with van der Waals surface area (Å²) in [5.41, 5.74) is 3.31. The van der Waals surface area contributed by atoms with E-state index < -0.39 is 0 Å². The van der Waals surface area contributed by atoms with Crippen molar-refractivity contribution < 1.29 is 4.79 Å². The summed E-state index contributed by atoms with van der Waals surface area (Å²) in [5, 5.41) is 0. The number of allylic oxidation sites excluding steroid dienone is 7. The molecular weight excluding hydrogens is 424 g/mol. The van der Waals surface area contributed by atoms with Crippen LogP contribution in [0.4, 0.5) is 0 Å². The van der Waals surface area contributed by atoms with E-state index in [0.29, 0.717) is 5.70 Å². The van der Waals surface area contributed by atoms with Gasteiger partial charge in [-0.2, -0.15) is 0 Å². The number of Topliss-reactive ketones (excluding diaryl/α,β-unsaturated/α-hetero) is 1. The average molecular weight is 467 g/mol. The third-order valence-electron chi connectivity index (χ3n) is 5.95. The molecule has 1 aromatic rings. The van der Waals surface area contributed by atoms with Gasteiger partial charge in [-0.3, -0.25) is 4.79 Å². The number of amidine groups is 1. The minimum Gasteiger partial charge on any atom is -0.320 e. The first-order valence-corrected chi connectivity index (χ1v) is 12.7. The van der Waals surface area contributed by atoms with Crippen molar-refractivity contribution in [2.75, 3.05) is 0 Å². The highest BCUT2D eigenvalue weighted by molar-refractivity contribution is 7.78. The van der Waals surface area contributed by atoms with Crippen LogP contribution in [0.15, 0.2) is 83.6 Å². The molecule has 0 bridgehead atoms. The highest BCUT2D eigenvalue weighted by atomic mass is 32.1. The maximum Gasteiger partial charge on any atom is 0.178 e. The van der Waals surface area contributed by atoms with Crippen molar-refractivity contribution in [3.63, 3.8) is 0 Å². The van der Waals surface area contributed by atoms with Gasteiger partial charge >= 0.3 is 0 Å². The number of carbonyl (C=O) groups excluding carboxylic acids is 1. The molecule has 0 heterocycles. The summed E-state index contributed by atoms with van der Waals surface area (Å²) in [6, 6.07) is 10.6. The monoisotopic (exact) mass is 466 g/mol. The highest BCUT2D eigenvalue weighted by Gasteiger charge is 2.36. The van der Waals surface area contributed by atoms with Crippen LogP contribution in [0.5, 0.6) is 0 Å². The third-order valence-corrected chi connectivity index (χ3v) is 6.21. The molecule has 3 rings (SSSR count). The lowest BCUT2D eigenvalue weighted by atomic mass is 9.76. The van der Waals surface area contributed by atoms with Gasteiger partial charge < -0.3 is 4.72 Å². The van der Waals surface area contributed by atoms with E-state index in [1.165, 1.54) is 50.2 Å². The van der Waals surface area contributed by atoms with Crippen LogP contribution in [0, 0.1) is 0 Å². The maximum atomic E-state index is 11.7. The third kappa shape index (κ3) is 9.59. The van der Waals surface area contributed by atoms with Crippen molar-refractivity contribution in [2.45, 2.75) is 84.5 Å². The average Bonchev–Trinajstić information content (AvgIpc) is 3.35. The second-order valence-corrected chi connectivity index (χ2v) is 8.38. The zero-order chi connectivity index (χ0) is 24.5. The summed E-state index contributed by atoms with van der Waals surface area (Å²) < 4.78 is 2.88. The van der Waals surface area contributed by atoms with Gasteiger partial charge in [0.05, 0.1) is 0 Å². The molecule has 0 aliphatic heterocycles. The molecule has 1 fully saturated rings. The molecule has 2 aliphatic rings. The number of nitrogens with one attached hydrogen (secondary N) is 1. The first-order valence-electron chi connectivity index (χ1n) is 12.3. The first-order chi connectivity index (χ1) is 16.0. The SMILES string of the molecule is C=C/C=C(\N=C(CC1(c2ccccc2)CCCC1)NS)C(C)=O.CC.CCC1=CCCC=C1. The summed E-state index contributed by atoms with van der Waals surface area (Å²) in [6.07, 6.45) is 19.1. The number of carbonyl (C=O) groups is 1. The Morgan fingerprint density at radius 1 is 1.18 bits per heavy atom. The van der Waals surface area contributed by atoms with Gasteiger partial charge in [0.15, 0.2) is 5.78 Å². The van der Waals surface area contributed by atoms with Crippen LogP contribution in [0.3, 0.4) is 0 Å². The van der Waals surface area contributed by atoms with Gasteiger partial charge in [-0.25, -0.2) is 4.99 Å². The summed E-state index contributed by atoms with van der Waals surface area (Å²) in [5.74, 6) is 0.647. The van der Waals surface area contributed by atoms with E-state index in [1.807, 2.05) is 19.9 Å². The first kappa shape index (κ1) is 28.7. The zero-order valence-electron chi connectivity index (χ0n) is 20.9. The molecule has 4 heteroatoms. The number of aliphatic imine (C=N–C) groups is 1. The Bertz CT molecular complexity index is 844. The molecule has 0 saturated heterocycles. The number of rotatable bonds is 7. The van der Waals surface area contributed by atoms with Gasteiger partial charge in [0.25, 0.3) is 0 Å². The molecule has 1 N–H and O–H groups in total. The van der Waals surface area contributed by atoms with Crippen LogP contribution in [0.2, 0.25) is 0 Å². The molecule has 33 heavy (non-hydrogen) atoms. The Morgan fingerprint density at radius 3 is 2.30 bits per heavy atom. The van der Waals surface area contributed by atoms with E-state index in [-0.39, 0.29) is 11.2 Å². The van der Waals surface area contributed by atoms with Gasteiger partial charge in [0.2, 0.25) is 0 Å². The molecule has 0 atom stereocenters. The Labute approximate surface area is 207 Å². The smallest absolute Gasteiger partial charge is 0.178 e. The summed E-state index contributed by atoms with van der Waals surface area (Å²) in [7, 11) is 0. The fraction of sp³-hybridized carbons (Fsp3) is 0.448. The number of benzene rings is 1. The van der Waals surface area contributed by atoms with Crippen molar-refractivity contribution in [1.82, 2.24) is 4.72 Å². The molecule has 0 radical (unpaired) electrons. The number of hydrogen-bond acceptors (Lipinski definition) is 3. The summed E-state index contributed by atoms with van der Waals surface area (Å²) >= 11 is 4.20. The van der Waals surface area contributed by atoms with Gasteiger partial charge in [-0.1, -0.05) is 113 Å². The quantitative estimate of drug-likeness (QED) is 0.140. The lowest BCUT2D eigenvalue weighted by Crippen LogP contribution is -2.30. The van der Waals surface area contributed by atoms with Crippen LogP contribution in [0.1, 0.15) is 84.6 Å². The molecular formula is C29H42N2OS. The maximum absolute atomic E-state index is 11.7. The highest BCUT2D eigenvalue weighted by Crippen LogP contribution is 2.44. The minimum absolute atomic E-state index is 0.0753. The molecule has 1 saturated carbocycles. The second kappa shape index (κ2) is 16.3. The topological polar surface area (TPSA) is 41.5 Å². The van der Waals surface area contributed by atoms with E-state index in [4.69, 9.17) is 0 Å². The molecule has 1 aromatic carbocycles. The minimum atomic E-state index is -0.0776. The van der Waals surface area contributed by atoms with Crippen LogP contribution < -0.4 is 4.72 Å². The Hall–Kier alpha value is -2.33. The van der Waals surface area contributed by atoms with Crippen LogP contribution in [-0.4, -0.2) is 11.6 Å². The van der Waals surface area contributed by atoms with Gasteiger partial charge in [0, 0.05) is 18.8 Å². The fourth-order valence-corrected chi connectivity index (χ4v) is 4.38. The van der Waals surface area contributed by atoms with Gasteiger partial charge in [0.1, 0.15) is 11.5 Å². The number of thiol groups is 1. The molecule has 2 aliphatic carbocycles. The normalized spacial score (nSPS) is 17.1. The Morgan fingerprint density at radius 2 is 1.85 bits per heavy atom. The Balaban J connectivity index is 0.000000454. The molecule has 3 nitrogen and oxygen atoms in total. The van der Waals surface area contributed by atoms with E-state index in [2.05, 4.69) is 78.5 Å². The van der Waals surface area contributed by atoms with E-state index in [0.717, 1.165) is 25.1 Å². The van der Waals surface area contributed by atoms with Crippen LogP contribution in [-0.2, 0) is 10.2 Å². The summed E-state index contributed by atoms with van der Waals surface area (Å²) in [6.45, 7) is 11.4. The van der Waals surface area contributed by atoms with Gasteiger partial charge in [-0.15, -0.1) is 0 Å². The molecule has 0 spiro atoms. The van der Waals surface area contributed by atoms with Crippen molar-refractivity contribution in [3.8, 4) is 0 Å². The van der Waals surface area contributed by atoms with Gasteiger partial charge in [-0.05, 0) is 43.7 Å². The number of nitrogens with zero attached hydrogens (tertiary/aromatic N) is 1. The number of hydrogen-bond donors (Lipinski definition) is 2. The predicted octanol–water partition coefficient (Wildman–Crippen LogP) is 8.08. The van der Waals surface area contributed by atoms with Crippen molar-refractivity contribution in [2.24, 2.45) is 4.99 Å². The van der Waals surface area contributed by atoms with Crippen LogP contribution >= 0.6 is 12.8 Å². The van der Waals surface area contributed by atoms with E-state index >= 15 is 0 Å². The standard InChI is InChI=1S/C19H24N2OS.C8H12.C2H6/c1-3-9-17(15(2)22)20-18(21-23)14-19(12-7-8-13-19)16-10-5-4-6-11-16;1-2-8-6-4-3-5-7-8;1-2/h3-6,9-11,23H,1,7-8,12-14H2,2H3,(H,20,21);4,6-7H,2-3,5H2,1H3;1-2H3/b17-9-;;. The van der Waals surface area contributed by atoms with Crippen molar-refractivity contribution >= 4 is 24.4 Å². The lowest BCUT2D eigenvalue weighted by Gasteiger charge is -2.30. The molecule has 0 unspecified atom stereocenters. The largest absolute Gasteiger partial charge is 0.320 e. The second-order valence-electron chi connectivity index (χ2n) is 8.16. The van der Waals surface area contributed by atoms with Crippen molar-refractivity contribution in [3.05, 3.63) is 84.1 Å². The van der Waals surface area contributed by atoms with Crippen molar-refractivity contribution in [1.29, 1.82) is 0 Å².